The van der Waals surface area contributed by atoms with E-state index in [1.807, 2.05) is 37.3 Å². The number of ether oxygens (including phenoxy) is 3. The Morgan fingerprint density at radius 1 is 0.810 bits per heavy atom. The Hall–Kier alpha value is -3.77. The van der Waals surface area contributed by atoms with Crippen LogP contribution in [0.15, 0.2) is 72.8 Å². The number of esters is 1. The lowest BCUT2D eigenvalue weighted by Crippen LogP contribution is -2.08. The fourth-order valence-electron chi connectivity index (χ4n) is 4.69. The van der Waals surface area contributed by atoms with Crippen LogP contribution in [0.1, 0.15) is 101 Å². The van der Waals surface area contributed by atoms with Crippen LogP contribution < -0.4 is 14.2 Å². The number of hydrogen-bond donors (Lipinski definition) is 2. The van der Waals surface area contributed by atoms with Gasteiger partial charge >= 0.3 is 5.97 Å². The number of aliphatic hydroxyl groups is 1. The van der Waals surface area contributed by atoms with Crippen LogP contribution in [0.5, 0.6) is 23.0 Å². The lowest BCUT2D eigenvalue weighted by molar-refractivity contribution is -0.134. The van der Waals surface area contributed by atoms with Gasteiger partial charge < -0.3 is 24.4 Å². The number of phenolic OH excluding ortho intramolecular Hbond substituents is 1. The summed E-state index contributed by atoms with van der Waals surface area (Å²) < 4.78 is 17.4. The predicted octanol–water partition coefficient (Wildman–Crippen LogP) is 8.94. The first-order valence-corrected chi connectivity index (χ1v) is 15.3. The Morgan fingerprint density at radius 3 is 2.24 bits per heavy atom. The second-order valence-corrected chi connectivity index (χ2v) is 10.5. The first-order chi connectivity index (χ1) is 20.5. The predicted molar refractivity (Wildman–Crippen MR) is 168 cm³/mol. The molecule has 6 nitrogen and oxygen atoms in total. The van der Waals surface area contributed by atoms with E-state index in [2.05, 4.69) is 6.92 Å². The Labute approximate surface area is 251 Å². The molecule has 0 spiro atoms. The standard InChI is InChI=1S/C36H46O6/c1-3-5-6-7-8-9-10-11-15-18-36(39)42-31-22-23-32(35(26-31)41-27-28-16-13-12-14-17-28)33(38)24-20-29-19-21-30(37)25-34(29)40-4-2/h12-14,16-17,19-26,33,37-38H,3-11,15,18,27H2,1-2H3. The summed E-state index contributed by atoms with van der Waals surface area (Å²) in [4.78, 5) is 12.5. The highest BCUT2D eigenvalue weighted by atomic mass is 16.5. The second-order valence-electron chi connectivity index (χ2n) is 10.5. The van der Waals surface area contributed by atoms with Gasteiger partial charge in [0.05, 0.1) is 6.61 Å². The molecule has 0 fully saturated rings. The van der Waals surface area contributed by atoms with Crippen molar-refractivity contribution >= 4 is 12.0 Å². The normalized spacial score (nSPS) is 11.9. The van der Waals surface area contributed by atoms with Gasteiger partial charge in [0.25, 0.3) is 0 Å². The quantitative estimate of drug-likeness (QED) is 0.0844. The highest BCUT2D eigenvalue weighted by Gasteiger charge is 2.15. The van der Waals surface area contributed by atoms with E-state index >= 15 is 0 Å². The van der Waals surface area contributed by atoms with Crippen molar-refractivity contribution in [3.63, 3.8) is 0 Å². The molecule has 42 heavy (non-hydrogen) atoms. The SMILES string of the molecule is CCCCCCCCCCCC(=O)Oc1ccc(C(O)C=Cc2ccc(O)cc2OCC)c(OCc2ccccc2)c1. The third kappa shape index (κ3) is 11.6. The summed E-state index contributed by atoms with van der Waals surface area (Å²) >= 11 is 0. The number of phenols is 1. The van der Waals surface area contributed by atoms with E-state index in [0.717, 1.165) is 30.4 Å². The van der Waals surface area contributed by atoms with Gasteiger partial charge in [-0.25, -0.2) is 0 Å². The summed E-state index contributed by atoms with van der Waals surface area (Å²) in [6, 6.07) is 19.7. The maximum absolute atomic E-state index is 12.5. The molecule has 2 N–H and O–H groups in total. The fraction of sp³-hybridized carbons (Fsp3) is 0.417. The van der Waals surface area contributed by atoms with Gasteiger partial charge in [-0.3, -0.25) is 4.79 Å². The largest absolute Gasteiger partial charge is 0.508 e. The number of unbranched alkanes of at least 4 members (excludes halogenated alkanes) is 8. The second kappa shape index (κ2) is 18.6. The van der Waals surface area contributed by atoms with E-state index in [1.165, 1.54) is 38.5 Å². The molecule has 0 heterocycles. The molecule has 3 aromatic rings. The number of aliphatic hydroxyl groups excluding tert-OH is 1. The fourth-order valence-corrected chi connectivity index (χ4v) is 4.69. The minimum Gasteiger partial charge on any atom is -0.508 e. The lowest BCUT2D eigenvalue weighted by Gasteiger charge is -2.16. The zero-order valence-electron chi connectivity index (χ0n) is 25.1. The smallest absolute Gasteiger partial charge is 0.311 e. The van der Waals surface area contributed by atoms with Crippen LogP contribution in [-0.2, 0) is 11.4 Å². The van der Waals surface area contributed by atoms with Crippen LogP contribution in [0.3, 0.4) is 0 Å². The van der Waals surface area contributed by atoms with Crippen molar-refractivity contribution in [1.82, 2.24) is 0 Å². The summed E-state index contributed by atoms with van der Waals surface area (Å²) in [6.45, 7) is 4.84. The van der Waals surface area contributed by atoms with E-state index < -0.39 is 6.10 Å². The van der Waals surface area contributed by atoms with Crippen molar-refractivity contribution < 1.29 is 29.2 Å². The van der Waals surface area contributed by atoms with E-state index in [9.17, 15) is 15.0 Å². The third-order valence-electron chi connectivity index (χ3n) is 7.01. The van der Waals surface area contributed by atoms with Gasteiger partial charge in [0.2, 0.25) is 0 Å². The van der Waals surface area contributed by atoms with Crippen LogP contribution in [-0.4, -0.2) is 22.8 Å². The molecule has 0 amide bonds. The summed E-state index contributed by atoms with van der Waals surface area (Å²) in [5, 5.41) is 20.9. The van der Waals surface area contributed by atoms with Gasteiger partial charge in [-0.2, -0.15) is 0 Å². The van der Waals surface area contributed by atoms with Crippen molar-refractivity contribution in [3.05, 3.63) is 89.5 Å². The van der Waals surface area contributed by atoms with E-state index in [-0.39, 0.29) is 11.7 Å². The number of carbonyl (C=O) groups is 1. The molecule has 1 atom stereocenters. The van der Waals surface area contributed by atoms with Gasteiger partial charge in [0.15, 0.2) is 0 Å². The Balaban J connectivity index is 1.64. The number of benzene rings is 3. The summed E-state index contributed by atoms with van der Waals surface area (Å²) in [5.74, 6) is 1.18. The monoisotopic (exact) mass is 574 g/mol. The van der Waals surface area contributed by atoms with Crippen LogP contribution in [0.25, 0.3) is 6.08 Å². The molecule has 0 saturated heterocycles. The molecular formula is C36H46O6. The van der Waals surface area contributed by atoms with Crippen molar-refractivity contribution in [3.8, 4) is 23.0 Å². The summed E-state index contributed by atoms with van der Waals surface area (Å²) in [6.07, 6.45) is 13.4. The van der Waals surface area contributed by atoms with Gasteiger partial charge in [0, 0.05) is 29.7 Å². The van der Waals surface area contributed by atoms with Gasteiger partial charge in [-0.05, 0) is 43.2 Å². The van der Waals surface area contributed by atoms with Crippen LogP contribution in [0.2, 0.25) is 0 Å². The molecule has 3 rings (SSSR count). The maximum Gasteiger partial charge on any atom is 0.311 e. The van der Waals surface area contributed by atoms with Crippen LogP contribution in [0.4, 0.5) is 0 Å². The zero-order chi connectivity index (χ0) is 30.0. The van der Waals surface area contributed by atoms with Gasteiger partial charge in [0.1, 0.15) is 35.7 Å². The number of carbonyl (C=O) groups excluding carboxylic acids is 1. The molecule has 0 aromatic heterocycles. The first kappa shape index (κ1) is 32.7. The molecule has 3 aromatic carbocycles. The van der Waals surface area contributed by atoms with Crippen molar-refractivity contribution in [1.29, 1.82) is 0 Å². The minimum atomic E-state index is -0.995. The zero-order valence-corrected chi connectivity index (χ0v) is 25.1. The first-order valence-electron chi connectivity index (χ1n) is 15.3. The van der Waals surface area contributed by atoms with Gasteiger partial charge in [-0.1, -0.05) is 101 Å². The number of rotatable bonds is 19. The Bertz CT molecular complexity index is 1240. The molecule has 1 unspecified atom stereocenters. The van der Waals surface area contributed by atoms with Crippen molar-refractivity contribution in [2.24, 2.45) is 0 Å². The van der Waals surface area contributed by atoms with E-state index in [4.69, 9.17) is 14.2 Å². The summed E-state index contributed by atoms with van der Waals surface area (Å²) in [5.41, 5.74) is 2.24. The van der Waals surface area contributed by atoms with Crippen molar-refractivity contribution in [2.45, 2.75) is 90.8 Å². The number of hydrogen-bond acceptors (Lipinski definition) is 6. The lowest BCUT2D eigenvalue weighted by atomic mass is 10.1. The van der Waals surface area contributed by atoms with Crippen LogP contribution in [0, 0.1) is 0 Å². The molecule has 0 radical (unpaired) electrons. The Kier molecular flexibility index (Phi) is 14.5. The molecule has 0 aliphatic rings. The van der Waals surface area contributed by atoms with E-state index in [0.29, 0.717) is 42.4 Å². The minimum absolute atomic E-state index is 0.107. The summed E-state index contributed by atoms with van der Waals surface area (Å²) in [7, 11) is 0. The third-order valence-corrected chi connectivity index (χ3v) is 7.01. The van der Waals surface area contributed by atoms with Crippen molar-refractivity contribution in [2.75, 3.05) is 6.61 Å². The maximum atomic E-state index is 12.5. The van der Waals surface area contributed by atoms with E-state index in [1.54, 1.807) is 48.6 Å². The molecule has 0 saturated carbocycles. The average Bonchev–Trinajstić information content (AvgIpc) is 2.99. The molecular weight excluding hydrogens is 528 g/mol. The average molecular weight is 575 g/mol. The topological polar surface area (TPSA) is 85.2 Å². The molecule has 6 heteroatoms. The highest BCUT2D eigenvalue weighted by molar-refractivity contribution is 5.72. The van der Waals surface area contributed by atoms with Crippen LogP contribution >= 0.6 is 0 Å². The number of aromatic hydroxyl groups is 1. The molecule has 0 bridgehead atoms. The molecule has 0 aliphatic heterocycles. The van der Waals surface area contributed by atoms with Gasteiger partial charge in [-0.15, -0.1) is 0 Å². The Morgan fingerprint density at radius 2 is 1.52 bits per heavy atom. The highest BCUT2D eigenvalue weighted by Crippen LogP contribution is 2.33. The molecule has 226 valence electrons. The molecule has 0 aliphatic carbocycles.